The molecule has 0 spiro atoms. The maximum Gasteiger partial charge on any atom is 0.336 e. The van der Waals surface area contributed by atoms with Crippen LogP contribution in [0, 0.1) is 27.7 Å². The second-order valence-electron chi connectivity index (χ2n) is 4.98. The maximum atomic E-state index is 11.4. The fourth-order valence-corrected chi connectivity index (χ4v) is 2.87. The van der Waals surface area contributed by atoms with Crippen molar-refractivity contribution in [2.45, 2.75) is 33.7 Å². The van der Waals surface area contributed by atoms with Gasteiger partial charge in [-0.1, -0.05) is 0 Å². The standard InChI is InChI=1S/C14H20N2O2/c1-7-9(3)13(14(17)18)10(4)8(2)12(7)11-5-15-6-16-11/h11,15-16H,5-6H2,1-4H3,(H,17,18). The fraction of sp³-hybridized carbons (Fsp3) is 0.500. The summed E-state index contributed by atoms with van der Waals surface area (Å²) in [6.07, 6.45) is 0. The van der Waals surface area contributed by atoms with Gasteiger partial charge in [-0.15, -0.1) is 0 Å². The Bertz CT molecular complexity index is 474. The van der Waals surface area contributed by atoms with Crippen molar-refractivity contribution in [2.24, 2.45) is 0 Å². The Labute approximate surface area is 107 Å². The van der Waals surface area contributed by atoms with Crippen molar-refractivity contribution in [3.63, 3.8) is 0 Å². The molecular weight excluding hydrogens is 228 g/mol. The third kappa shape index (κ3) is 1.91. The van der Waals surface area contributed by atoms with Gasteiger partial charge < -0.3 is 10.4 Å². The Morgan fingerprint density at radius 2 is 1.67 bits per heavy atom. The predicted molar refractivity (Wildman–Crippen MR) is 71.1 cm³/mol. The number of benzene rings is 1. The first-order chi connectivity index (χ1) is 8.45. The number of carboxylic acid groups (broad SMARTS) is 1. The maximum absolute atomic E-state index is 11.4. The lowest BCUT2D eigenvalue weighted by atomic mass is 9.86. The van der Waals surface area contributed by atoms with E-state index in [4.69, 9.17) is 0 Å². The van der Waals surface area contributed by atoms with E-state index < -0.39 is 5.97 Å². The third-order valence-electron chi connectivity index (χ3n) is 4.07. The minimum atomic E-state index is -0.833. The van der Waals surface area contributed by atoms with Crippen molar-refractivity contribution in [2.75, 3.05) is 13.2 Å². The second-order valence-corrected chi connectivity index (χ2v) is 4.98. The van der Waals surface area contributed by atoms with Crippen LogP contribution in [0.3, 0.4) is 0 Å². The van der Waals surface area contributed by atoms with Crippen molar-refractivity contribution in [3.8, 4) is 0 Å². The zero-order valence-electron chi connectivity index (χ0n) is 11.3. The molecule has 0 aliphatic carbocycles. The molecule has 98 valence electrons. The number of hydrogen-bond acceptors (Lipinski definition) is 3. The molecule has 4 nitrogen and oxygen atoms in total. The van der Waals surface area contributed by atoms with E-state index in [-0.39, 0.29) is 6.04 Å². The lowest BCUT2D eigenvalue weighted by Gasteiger charge is -2.22. The average Bonchev–Trinajstić information content (AvgIpc) is 2.80. The van der Waals surface area contributed by atoms with Crippen LogP contribution in [-0.4, -0.2) is 24.3 Å². The summed E-state index contributed by atoms with van der Waals surface area (Å²) in [6.45, 7) is 9.54. The fourth-order valence-electron chi connectivity index (χ4n) is 2.87. The molecule has 1 saturated heterocycles. The van der Waals surface area contributed by atoms with E-state index in [0.29, 0.717) is 5.56 Å². The highest BCUT2D eigenvalue weighted by Crippen LogP contribution is 2.31. The van der Waals surface area contributed by atoms with Gasteiger partial charge in [0.25, 0.3) is 0 Å². The van der Waals surface area contributed by atoms with E-state index in [1.165, 1.54) is 5.56 Å². The van der Waals surface area contributed by atoms with Gasteiger partial charge in [0.1, 0.15) is 0 Å². The Kier molecular flexibility index (Phi) is 3.41. The van der Waals surface area contributed by atoms with Gasteiger partial charge in [-0.05, 0) is 55.5 Å². The van der Waals surface area contributed by atoms with Crippen LogP contribution in [0.25, 0.3) is 0 Å². The van der Waals surface area contributed by atoms with Gasteiger partial charge in [-0.25, -0.2) is 4.79 Å². The van der Waals surface area contributed by atoms with E-state index >= 15 is 0 Å². The highest BCUT2D eigenvalue weighted by Gasteiger charge is 2.25. The molecule has 0 amide bonds. The van der Waals surface area contributed by atoms with Crippen molar-refractivity contribution in [3.05, 3.63) is 33.4 Å². The summed E-state index contributed by atoms with van der Waals surface area (Å²) in [5.74, 6) is -0.833. The third-order valence-corrected chi connectivity index (χ3v) is 4.07. The molecule has 1 heterocycles. The molecule has 1 aromatic rings. The summed E-state index contributed by atoms with van der Waals surface area (Å²) in [5.41, 5.74) is 5.66. The lowest BCUT2D eigenvalue weighted by Crippen LogP contribution is -2.20. The minimum absolute atomic E-state index is 0.283. The second kappa shape index (κ2) is 4.71. The first kappa shape index (κ1) is 13.1. The van der Waals surface area contributed by atoms with Gasteiger partial charge in [0, 0.05) is 19.3 Å². The van der Waals surface area contributed by atoms with E-state index in [2.05, 4.69) is 10.6 Å². The number of carboxylic acids is 1. The van der Waals surface area contributed by atoms with Crippen molar-refractivity contribution >= 4 is 5.97 Å². The van der Waals surface area contributed by atoms with Gasteiger partial charge in [0.15, 0.2) is 0 Å². The Balaban J connectivity index is 2.65. The number of rotatable bonds is 2. The molecule has 1 aliphatic rings. The molecule has 2 rings (SSSR count). The molecule has 1 atom stereocenters. The first-order valence-corrected chi connectivity index (χ1v) is 6.22. The van der Waals surface area contributed by atoms with Crippen LogP contribution < -0.4 is 10.6 Å². The molecule has 18 heavy (non-hydrogen) atoms. The molecule has 1 unspecified atom stereocenters. The number of hydrogen-bond donors (Lipinski definition) is 3. The molecule has 1 aromatic carbocycles. The van der Waals surface area contributed by atoms with Crippen LogP contribution in [0.1, 0.15) is 44.2 Å². The summed E-state index contributed by atoms with van der Waals surface area (Å²) < 4.78 is 0. The molecule has 4 heteroatoms. The zero-order chi connectivity index (χ0) is 13.4. The highest BCUT2D eigenvalue weighted by atomic mass is 16.4. The largest absolute Gasteiger partial charge is 0.478 e. The number of aromatic carboxylic acids is 1. The van der Waals surface area contributed by atoms with Crippen LogP contribution in [0.15, 0.2) is 0 Å². The number of nitrogens with one attached hydrogen (secondary N) is 2. The van der Waals surface area contributed by atoms with Crippen molar-refractivity contribution in [1.29, 1.82) is 0 Å². The Morgan fingerprint density at radius 1 is 1.11 bits per heavy atom. The zero-order valence-corrected chi connectivity index (χ0v) is 11.3. The molecule has 0 bridgehead atoms. The smallest absolute Gasteiger partial charge is 0.336 e. The van der Waals surface area contributed by atoms with E-state index in [9.17, 15) is 9.90 Å². The van der Waals surface area contributed by atoms with E-state index in [0.717, 1.165) is 35.5 Å². The van der Waals surface area contributed by atoms with Crippen LogP contribution in [0.4, 0.5) is 0 Å². The van der Waals surface area contributed by atoms with E-state index in [1.54, 1.807) is 0 Å². The lowest BCUT2D eigenvalue weighted by molar-refractivity contribution is 0.0695. The average molecular weight is 248 g/mol. The normalized spacial score (nSPS) is 19.2. The molecule has 1 fully saturated rings. The van der Waals surface area contributed by atoms with Gasteiger partial charge in [-0.3, -0.25) is 5.32 Å². The molecule has 0 aromatic heterocycles. The van der Waals surface area contributed by atoms with Crippen LogP contribution in [0.2, 0.25) is 0 Å². The van der Waals surface area contributed by atoms with E-state index in [1.807, 2.05) is 27.7 Å². The summed E-state index contributed by atoms with van der Waals surface area (Å²) >= 11 is 0. The van der Waals surface area contributed by atoms with Crippen molar-refractivity contribution in [1.82, 2.24) is 10.6 Å². The quantitative estimate of drug-likeness (QED) is 0.747. The van der Waals surface area contributed by atoms with Crippen LogP contribution in [-0.2, 0) is 0 Å². The summed E-state index contributed by atoms with van der Waals surface area (Å²) in [6, 6.07) is 0.283. The van der Waals surface area contributed by atoms with Crippen LogP contribution >= 0.6 is 0 Å². The molecule has 0 radical (unpaired) electrons. The highest BCUT2D eigenvalue weighted by molar-refractivity contribution is 5.92. The molecule has 0 saturated carbocycles. The summed E-state index contributed by atoms with van der Waals surface area (Å²) in [7, 11) is 0. The summed E-state index contributed by atoms with van der Waals surface area (Å²) in [5, 5.41) is 16.0. The topological polar surface area (TPSA) is 61.4 Å². The minimum Gasteiger partial charge on any atom is -0.478 e. The van der Waals surface area contributed by atoms with Gasteiger partial charge in [0.05, 0.1) is 5.56 Å². The SMILES string of the molecule is Cc1c(C)c(C2CNCN2)c(C)c(C)c1C(=O)O. The van der Waals surface area contributed by atoms with Gasteiger partial charge >= 0.3 is 5.97 Å². The number of carbonyl (C=O) groups is 1. The Hall–Kier alpha value is -1.39. The Morgan fingerprint density at radius 3 is 2.06 bits per heavy atom. The molecule has 1 aliphatic heterocycles. The van der Waals surface area contributed by atoms with Gasteiger partial charge in [-0.2, -0.15) is 0 Å². The van der Waals surface area contributed by atoms with Crippen LogP contribution in [0.5, 0.6) is 0 Å². The molecule has 3 N–H and O–H groups in total. The summed E-state index contributed by atoms with van der Waals surface area (Å²) in [4.78, 5) is 11.4. The first-order valence-electron chi connectivity index (χ1n) is 6.22. The van der Waals surface area contributed by atoms with Gasteiger partial charge in [0.2, 0.25) is 0 Å². The molecular formula is C14H20N2O2. The monoisotopic (exact) mass is 248 g/mol. The van der Waals surface area contributed by atoms with Crippen molar-refractivity contribution < 1.29 is 9.90 Å². The predicted octanol–water partition coefficient (Wildman–Crippen LogP) is 1.81.